The highest BCUT2D eigenvalue weighted by Gasteiger charge is 2.18. The van der Waals surface area contributed by atoms with Crippen LogP contribution >= 0.6 is 0 Å². The molecule has 0 spiro atoms. The molecule has 148 valence electrons. The molecule has 0 amide bonds. The van der Waals surface area contributed by atoms with Gasteiger partial charge in [0, 0.05) is 51.2 Å². The van der Waals surface area contributed by atoms with E-state index in [9.17, 15) is 4.79 Å². The Bertz CT molecular complexity index is 1220. The van der Waals surface area contributed by atoms with Crippen LogP contribution in [0, 0.1) is 0 Å². The van der Waals surface area contributed by atoms with E-state index < -0.39 is 0 Å². The van der Waals surface area contributed by atoms with E-state index in [1.807, 2.05) is 24.3 Å². The van der Waals surface area contributed by atoms with Gasteiger partial charge in [0.05, 0.1) is 10.9 Å². The molecule has 0 unspecified atom stereocenters. The summed E-state index contributed by atoms with van der Waals surface area (Å²) in [5.74, 6) is 0. The van der Waals surface area contributed by atoms with Gasteiger partial charge >= 0.3 is 0 Å². The Morgan fingerprint density at radius 2 is 1.76 bits per heavy atom. The minimum atomic E-state index is -0.0360. The van der Waals surface area contributed by atoms with Gasteiger partial charge in [-0.15, -0.1) is 0 Å². The number of aromatic amines is 1. The Labute approximate surface area is 169 Å². The summed E-state index contributed by atoms with van der Waals surface area (Å²) in [7, 11) is 0. The average Bonchev–Trinajstić information content (AvgIpc) is 3.17. The predicted molar refractivity (Wildman–Crippen MR) is 117 cm³/mol. The molecule has 0 saturated carbocycles. The van der Waals surface area contributed by atoms with Gasteiger partial charge in [0.15, 0.2) is 0 Å². The van der Waals surface area contributed by atoms with Crippen molar-refractivity contribution in [1.29, 1.82) is 0 Å². The molecule has 0 bridgehead atoms. The molecular formula is C23H25N5O. The first-order valence-electron chi connectivity index (χ1n) is 10.1. The lowest BCUT2D eigenvalue weighted by atomic mass is 10.1. The number of nitrogens with two attached hydrogens (primary N) is 1. The highest BCUT2D eigenvalue weighted by Crippen LogP contribution is 2.20. The summed E-state index contributed by atoms with van der Waals surface area (Å²) in [6.45, 7) is 5.48. The van der Waals surface area contributed by atoms with Gasteiger partial charge in [-0.05, 0) is 41.5 Å². The lowest BCUT2D eigenvalue weighted by molar-refractivity contribution is 0.250. The molecule has 1 saturated heterocycles. The zero-order chi connectivity index (χ0) is 19.8. The van der Waals surface area contributed by atoms with Crippen molar-refractivity contribution in [3.8, 4) is 0 Å². The fourth-order valence-corrected chi connectivity index (χ4v) is 4.26. The van der Waals surface area contributed by atoms with Crippen LogP contribution in [0.2, 0.25) is 0 Å². The van der Waals surface area contributed by atoms with Crippen LogP contribution in [-0.4, -0.2) is 40.5 Å². The molecule has 3 N–H and O–H groups in total. The number of anilines is 1. The number of benzene rings is 2. The zero-order valence-corrected chi connectivity index (χ0v) is 16.3. The number of nitrogens with zero attached hydrogens (tertiary/aromatic N) is 3. The van der Waals surface area contributed by atoms with Crippen molar-refractivity contribution in [2.75, 3.05) is 31.1 Å². The van der Waals surface area contributed by atoms with Crippen molar-refractivity contribution in [2.24, 2.45) is 5.73 Å². The normalized spacial score (nSPS) is 15.4. The van der Waals surface area contributed by atoms with Crippen LogP contribution < -0.4 is 16.2 Å². The molecule has 1 fully saturated rings. The molecule has 1 aliphatic rings. The first-order chi connectivity index (χ1) is 14.2. The molecule has 1 aliphatic heterocycles. The molecule has 2 aromatic carbocycles. The quantitative estimate of drug-likeness (QED) is 0.565. The van der Waals surface area contributed by atoms with E-state index in [4.69, 9.17) is 5.73 Å². The highest BCUT2D eigenvalue weighted by atomic mass is 16.1. The maximum absolute atomic E-state index is 12.3. The summed E-state index contributed by atoms with van der Waals surface area (Å²) < 4.78 is 2.08. The van der Waals surface area contributed by atoms with E-state index in [-0.39, 0.29) is 5.56 Å². The van der Waals surface area contributed by atoms with Crippen molar-refractivity contribution in [3.05, 3.63) is 82.3 Å². The van der Waals surface area contributed by atoms with Gasteiger partial charge in [-0.1, -0.05) is 24.3 Å². The summed E-state index contributed by atoms with van der Waals surface area (Å²) in [5, 5.41) is 0.718. The molecule has 29 heavy (non-hydrogen) atoms. The van der Waals surface area contributed by atoms with Gasteiger partial charge in [0.25, 0.3) is 5.56 Å². The third kappa shape index (κ3) is 3.41. The summed E-state index contributed by atoms with van der Waals surface area (Å²) in [5.41, 5.74) is 11.2. The highest BCUT2D eigenvalue weighted by molar-refractivity contribution is 5.80. The summed E-state index contributed by atoms with van der Waals surface area (Å²) in [6.07, 6.45) is 2.14. The summed E-state index contributed by atoms with van der Waals surface area (Å²) in [4.78, 5) is 20.2. The lowest BCUT2D eigenvalue weighted by Gasteiger charge is -2.36. The van der Waals surface area contributed by atoms with E-state index in [0.29, 0.717) is 6.54 Å². The van der Waals surface area contributed by atoms with Crippen molar-refractivity contribution in [2.45, 2.75) is 13.1 Å². The number of H-pyrrole nitrogens is 1. The maximum atomic E-state index is 12.3. The molecule has 4 aromatic rings. The molecule has 0 atom stereocenters. The Hall–Kier alpha value is -3.09. The van der Waals surface area contributed by atoms with Crippen LogP contribution in [0.25, 0.3) is 16.6 Å². The Morgan fingerprint density at radius 1 is 0.931 bits per heavy atom. The number of hydrogen-bond donors (Lipinski definition) is 2. The molecular weight excluding hydrogens is 362 g/mol. The second-order valence-electron chi connectivity index (χ2n) is 7.71. The predicted octanol–water partition coefficient (Wildman–Crippen LogP) is 2.56. The number of rotatable bonds is 4. The smallest absolute Gasteiger partial charge is 0.258 e. The molecule has 0 aliphatic carbocycles. The van der Waals surface area contributed by atoms with Gasteiger partial charge in [0.2, 0.25) is 0 Å². The third-order valence-corrected chi connectivity index (χ3v) is 5.82. The SMILES string of the molecule is NCc1cccc(N2CCN(Cc3cc4[nH]c(=O)c5ccccc5n4c3)CC2)c1. The summed E-state index contributed by atoms with van der Waals surface area (Å²) in [6, 6.07) is 18.3. The number of hydrogen-bond acceptors (Lipinski definition) is 4. The van der Waals surface area contributed by atoms with Crippen LogP contribution in [-0.2, 0) is 13.1 Å². The van der Waals surface area contributed by atoms with Gasteiger partial charge in [-0.25, -0.2) is 0 Å². The Morgan fingerprint density at radius 3 is 2.59 bits per heavy atom. The number of fused-ring (bicyclic) bond motifs is 3. The van der Waals surface area contributed by atoms with Gasteiger partial charge in [-0.2, -0.15) is 0 Å². The topological polar surface area (TPSA) is 69.8 Å². The van der Waals surface area contributed by atoms with Crippen molar-refractivity contribution in [3.63, 3.8) is 0 Å². The van der Waals surface area contributed by atoms with Gasteiger partial charge in [-0.3, -0.25) is 9.69 Å². The van der Waals surface area contributed by atoms with E-state index in [1.54, 1.807) is 0 Å². The van der Waals surface area contributed by atoms with Crippen molar-refractivity contribution >= 4 is 22.2 Å². The summed E-state index contributed by atoms with van der Waals surface area (Å²) >= 11 is 0. The molecule has 3 heterocycles. The van der Waals surface area contributed by atoms with E-state index in [1.165, 1.54) is 16.8 Å². The number of para-hydroxylation sites is 1. The second-order valence-corrected chi connectivity index (χ2v) is 7.71. The van der Waals surface area contributed by atoms with Crippen LogP contribution in [0.1, 0.15) is 11.1 Å². The van der Waals surface area contributed by atoms with Crippen molar-refractivity contribution in [1.82, 2.24) is 14.3 Å². The average molecular weight is 387 g/mol. The zero-order valence-electron chi connectivity index (χ0n) is 16.3. The van der Waals surface area contributed by atoms with E-state index in [2.05, 4.69) is 55.7 Å². The Balaban J connectivity index is 1.32. The largest absolute Gasteiger partial charge is 0.369 e. The maximum Gasteiger partial charge on any atom is 0.258 e. The van der Waals surface area contributed by atoms with E-state index in [0.717, 1.165) is 49.3 Å². The molecule has 5 rings (SSSR count). The Kier molecular flexibility index (Phi) is 4.58. The van der Waals surface area contributed by atoms with E-state index >= 15 is 0 Å². The first kappa shape index (κ1) is 18.0. The van der Waals surface area contributed by atoms with Crippen LogP contribution in [0.3, 0.4) is 0 Å². The number of piperazine rings is 1. The standard InChI is InChI=1S/C23H25N5O/c24-14-17-4-3-5-19(12-17)27-10-8-26(9-11-27)15-18-13-22-25-23(29)20-6-1-2-7-21(20)28(22)16-18/h1-7,12-13,16H,8-11,14-15,24H2,(H,25,29). The van der Waals surface area contributed by atoms with Crippen LogP contribution in [0.4, 0.5) is 5.69 Å². The molecule has 6 heteroatoms. The van der Waals surface area contributed by atoms with Crippen molar-refractivity contribution < 1.29 is 0 Å². The number of aromatic nitrogens is 2. The van der Waals surface area contributed by atoms with Crippen LogP contribution in [0.5, 0.6) is 0 Å². The number of nitrogens with one attached hydrogen (secondary N) is 1. The minimum absolute atomic E-state index is 0.0360. The molecule has 0 radical (unpaired) electrons. The fraction of sp³-hybridized carbons (Fsp3) is 0.261. The van der Waals surface area contributed by atoms with Gasteiger partial charge in [0.1, 0.15) is 5.65 Å². The lowest BCUT2D eigenvalue weighted by Crippen LogP contribution is -2.45. The monoisotopic (exact) mass is 387 g/mol. The van der Waals surface area contributed by atoms with Crippen LogP contribution in [0.15, 0.2) is 65.6 Å². The minimum Gasteiger partial charge on any atom is -0.369 e. The molecule has 6 nitrogen and oxygen atoms in total. The molecule has 2 aromatic heterocycles. The first-order valence-corrected chi connectivity index (χ1v) is 10.1. The van der Waals surface area contributed by atoms with Gasteiger partial charge < -0.3 is 20.0 Å². The third-order valence-electron chi connectivity index (χ3n) is 5.82. The fourth-order valence-electron chi connectivity index (χ4n) is 4.26. The second kappa shape index (κ2) is 7.39.